The summed E-state index contributed by atoms with van der Waals surface area (Å²) in [6, 6.07) is 2.45. The van der Waals surface area contributed by atoms with Crippen LogP contribution in [0.25, 0.3) is 0 Å². The fourth-order valence-corrected chi connectivity index (χ4v) is 2.19. The van der Waals surface area contributed by atoms with Gasteiger partial charge in [0.15, 0.2) is 0 Å². The molecule has 1 aliphatic heterocycles. The molecule has 0 aliphatic carbocycles. The minimum Gasteiger partial charge on any atom is -0.375 e. The molecule has 1 aliphatic rings. The molecule has 4 nitrogen and oxygen atoms in total. The molecule has 0 bridgehead atoms. The number of rotatable bonds is 5. The fourth-order valence-electron chi connectivity index (χ4n) is 2.02. The van der Waals surface area contributed by atoms with E-state index in [9.17, 15) is 0 Å². The third-order valence-corrected chi connectivity index (χ3v) is 3.14. The predicted octanol–water partition coefficient (Wildman–Crippen LogP) is 2.18. The predicted molar refractivity (Wildman–Crippen MR) is 67.0 cm³/mol. The van der Waals surface area contributed by atoms with Crippen LogP contribution in [0.15, 0.2) is 12.3 Å². The summed E-state index contributed by atoms with van der Waals surface area (Å²) in [5.41, 5.74) is 0.835. The van der Waals surface area contributed by atoms with Gasteiger partial charge in [0.25, 0.3) is 0 Å². The van der Waals surface area contributed by atoms with Gasteiger partial charge in [0.05, 0.1) is 12.3 Å². The third-order valence-electron chi connectivity index (χ3n) is 2.96. The second kappa shape index (κ2) is 6.89. The summed E-state index contributed by atoms with van der Waals surface area (Å²) in [5.74, 6) is 0. The molecule has 0 amide bonds. The summed E-state index contributed by atoms with van der Waals surface area (Å²) in [5, 5.41) is 3.78. The Kier molecular flexibility index (Phi) is 5.16. The topological polar surface area (TPSA) is 47.0 Å². The second-order valence-corrected chi connectivity index (χ2v) is 4.64. The maximum Gasteiger partial charge on any atom is 0.222 e. The van der Waals surface area contributed by atoms with Gasteiger partial charge in [0, 0.05) is 18.8 Å². The minimum absolute atomic E-state index is 0.278. The van der Waals surface area contributed by atoms with Crippen LogP contribution in [0.5, 0.6) is 0 Å². The van der Waals surface area contributed by atoms with E-state index >= 15 is 0 Å². The van der Waals surface area contributed by atoms with Crippen molar-refractivity contribution < 1.29 is 4.74 Å². The van der Waals surface area contributed by atoms with Gasteiger partial charge >= 0.3 is 0 Å². The molecule has 1 saturated heterocycles. The van der Waals surface area contributed by atoms with Crippen molar-refractivity contribution in [1.29, 1.82) is 0 Å². The van der Waals surface area contributed by atoms with E-state index in [1.165, 1.54) is 19.3 Å². The summed E-state index contributed by atoms with van der Waals surface area (Å²) in [6.45, 7) is 2.42. The molecule has 0 aromatic carbocycles. The van der Waals surface area contributed by atoms with E-state index in [2.05, 4.69) is 15.3 Å². The molecule has 1 fully saturated rings. The smallest absolute Gasteiger partial charge is 0.222 e. The molecule has 5 heteroatoms. The molecule has 2 heterocycles. The highest BCUT2D eigenvalue weighted by Crippen LogP contribution is 2.10. The van der Waals surface area contributed by atoms with Gasteiger partial charge in [0.1, 0.15) is 0 Å². The molecule has 1 N–H and O–H groups in total. The first kappa shape index (κ1) is 12.7. The van der Waals surface area contributed by atoms with Crippen LogP contribution in [0.3, 0.4) is 0 Å². The average molecular weight is 256 g/mol. The van der Waals surface area contributed by atoms with Crippen LogP contribution in [0.2, 0.25) is 5.28 Å². The van der Waals surface area contributed by atoms with E-state index in [1.807, 2.05) is 6.07 Å². The van der Waals surface area contributed by atoms with E-state index in [4.69, 9.17) is 16.3 Å². The van der Waals surface area contributed by atoms with Crippen molar-refractivity contribution in [3.63, 3.8) is 0 Å². The van der Waals surface area contributed by atoms with Gasteiger partial charge in [-0.1, -0.05) is 6.42 Å². The molecule has 0 spiro atoms. The standard InChI is InChI=1S/C12H18ClN3O/c13-12-15-7-4-11(16-12)9-17-8-5-10-3-1-2-6-14-10/h4,7,10,14H,1-3,5-6,8-9H2. The Morgan fingerprint density at radius 3 is 3.18 bits per heavy atom. The molecule has 0 radical (unpaired) electrons. The van der Waals surface area contributed by atoms with Crippen molar-refractivity contribution >= 4 is 11.6 Å². The van der Waals surface area contributed by atoms with Gasteiger partial charge in [-0.2, -0.15) is 0 Å². The van der Waals surface area contributed by atoms with Gasteiger partial charge in [-0.05, 0) is 43.5 Å². The monoisotopic (exact) mass is 255 g/mol. The lowest BCUT2D eigenvalue weighted by molar-refractivity contribution is 0.106. The molecule has 1 unspecified atom stereocenters. The Morgan fingerprint density at radius 1 is 1.47 bits per heavy atom. The molecule has 1 atom stereocenters. The number of nitrogens with zero attached hydrogens (tertiary/aromatic N) is 2. The number of nitrogens with one attached hydrogen (secondary N) is 1. The van der Waals surface area contributed by atoms with Gasteiger partial charge in [-0.25, -0.2) is 9.97 Å². The van der Waals surface area contributed by atoms with Crippen LogP contribution in [-0.2, 0) is 11.3 Å². The molecule has 0 saturated carbocycles. The van der Waals surface area contributed by atoms with E-state index in [-0.39, 0.29) is 5.28 Å². The van der Waals surface area contributed by atoms with Gasteiger partial charge in [-0.3, -0.25) is 0 Å². The minimum atomic E-state index is 0.278. The third kappa shape index (κ3) is 4.58. The molecule has 2 rings (SSSR count). The van der Waals surface area contributed by atoms with Crippen LogP contribution in [0.4, 0.5) is 0 Å². The van der Waals surface area contributed by atoms with Crippen molar-refractivity contribution in [2.75, 3.05) is 13.2 Å². The zero-order chi connectivity index (χ0) is 11.9. The summed E-state index contributed by atoms with van der Waals surface area (Å²) in [7, 11) is 0. The summed E-state index contributed by atoms with van der Waals surface area (Å²) in [4.78, 5) is 7.90. The second-order valence-electron chi connectivity index (χ2n) is 4.31. The molecule has 94 valence electrons. The van der Waals surface area contributed by atoms with Crippen LogP contribution in [0, 0.1) is 0 Å². The Labute approximate surface area is 107 Å². The molecular formula is C12H18ClN3O. The first-order chi connectivity index (χ1) is 8.34. The fraction of sp³-hybridized carbons (Fsp3) is 0.667. The number of hydrogen-bond acceptors (Lipinski definition) is 4. The maximum absolute atomic E-state index is 5.69. The largest absolute Gasteiger partial charge is 0.375 e. The van der Waals surface area contributed by atoms with Crippen molar-refractivity contribution in [3.8, 4) is 0 Å². The summed E-state index contributed by atoms with van der Waals surface area (Å²) in [6.07, 6.45) is 6.62. The lowest BCUT2D eigenvalue weighted by Gasteiger charge is -2.23. The zero-order valence-corrected chi connectivity index (χ0v) is 10.6. The van der Waals surface area contributed by atoms with E-state index < -0.39 is 0 Å². The van der Waals surface area contributed by atoms with E-state index in [1.54, 1.807) is 6.20 Å². The highest BCUT2D eigenvalue weighted by Gasteiger charge is 2.11. The summed E-state index contributed by atoms with van der Waals surface area (Å²) >= 11 is 5.69. The van der Waals surface area contributed by atoms with Crippen LogP contribution < -0.4 is 5.32 Å². The van der Waals surface area contributed by atoms with Crippen molar-refractivity contribution in [1.82, 2.24) is 15.3 Å². The Balaban J connectivity index is 1.62. The van der Waals surface area contributed by atoms with E-state index in [0.717, 1.165) is 25.3 Å². The lowest BCUT2D eigenvalue weighted by atomic mass is 10.0. The zero-order valence-electron chi connectivity index (χ0n) is 9.86. The first-order valence-electron chi connectivity index (χ1n) is 6.13. The Morgan fingerprint density at radius 2 is 2.41 bits per heavy atom. The Hall–Kier alpha value is -0.710. The molecular weight excluding hydrogens is 238 g/mol. The molecule has 17 heavy (non-hydrogen) atoms. The SMILES string of the molecule is Clc1nccc(COCCC2CCCCN2)n1. The Bertz CT molecular complexity index is 342. The maximum atomic E-state index is 5.69. The number of halogens is 1. The number of hydrogen-bond donors (Lipinski definition) is 1. The van der Waals surface area contributed by atoms with Crippen LogP contribution in [-0.4, -0.2) is 29.2 Å². The highest BCUT2D eigenvalue weighted by molar-refractivity contribution is 6.28. The average Bonchev–Trinajstić information content (AvgIpc) is 2.36. The number of ether oxygens (including phenoxy) is 1. The van der Waals surface area contributed by atoms with Crippen molar-refractivity contribution in [2.45, 2.75) is 38.3 Å². The highest BCUT2D eigenvalue weighted by atomic mass is 35.5. The van der Waals surface area contributed by atoms with Gasteiger partial charge in [-0.15, -0.1) is 0 Å². The van der Waals surface area contributed by atoms with Crippen molar-refractivity contribution in [2.24, 2.45) is 0 Å². The van der Waals surface area contributed by atoms with Crippen LogP contribution >= 0.6 is 11.6 Å². The molecule has 1 aromatic rings. The van der Waals surface area contributed by atoms with Gasteiger partial charge in [0.2, 0.25) is 5.28 Å². The van der Waals surface area contributed by atoms with Crippen LogP contribution in [0.1, 0.15) is 31.4 Å². The lowest BCUT2D eigenvalue weighted by Crippen LogP contribution is -2.34. The van der Waals surface area contributed by atoms with Crippen molar-refractivity contribution in [3.05, 3.63) is 23.2 Å². The number of aromatic nitrogens is 2. The number of piperidine rings is 1. The molecule has 1 aromatic heterocycles. The summed E-state index contributed by atoms with van der Waals surface area (Å²) < 4.78 is 5.59. The van der Waals surface area contributed by atoms with E-state index in [0.29, 0.717) is 12.6 Å². The van der Waals surface area contributed by atoms with Gasteiger partial charge < -0.3 is 10.1 Å². The first-order valence-corrected chi connectivity index (χ1v) is 6.51. The normalized spacial score (nSPS) is 20.4. The quantitative estimate of drug-likeness (QED) is 0.647.